The van der Waals surface area contributed by atoms with Crippen LogP contribution in [0.1, 0.15) is 79.9 Å². The SMILES string of the molecule is COCCOCCOCCOC1=CC=C(C2(C)c3cc(B4OC(C)(C)C(C)(C)O4)ccc3-c3ccc(B4OC(C)(C)C(C)(C)O4)cc32)CC#C1. The second kappa shape index (κ2) is 13.9. The van der Waals surface area contributed by atoms with Crippen LogP contribution in [0.2, 0.25) is 0 Å². The fraction of sp³-hybridized carbons (Fsp3) is 0.550. The molecule has 0 unspecified atom stereocenters. The van der Waals surface area contributed by atoms with E-state index in [2.05, 4.69) is 117 Å². The second-order valence-electron chi connectivity index (χ2n) is 15.7. The molecule has 4 aliphatic rings. The summed E-state index contributed by atoms with van der Waals surface area (Å²) in [4.78, 5) is 0. The molecule has 6 rings (SSSR count). The van der Waals surface area contributed by atoms with E-state index in [1.54, 1.807) is 7.11 Å². The number of allylic oxidation sites excluding steroid dienone is 4. The lowest BCUT2D eigenvalue weighted by molar-refractivity contribution is 0.00578. The quantitative estimate of drug-likeness (QED) is 0.156. The van der Waals surface area contributed by atoms with Crippen molar-refractivity contribution in [3.8, 4) is 23.0 Å². The summed E-state index contributed by atoms with van der Waals surface area (Å²) in [6.45, 7) is 22.0. The molecule has 0 N–H and O–H groups in total. The Morgan fingerprint density at radius 1 is 0.620 bits per heavy atom. The minimum atomic E-state index is -0.503. The highest BCUT2D eigenvalue weighted by atomic mass is 16.7. The number of hydrogen-bond donors (Lipinski definition) is 0. The first-order valence-electron chi connectivity index (χ1n) is 17.8. The Morgan fingerprint density at radius 3 is 1.56 bits per heavy atom. The minimum Gasteiger partial charge on any atom is -0.483 e. The molecule has 0 radical (unpaired) electrons. The third kappa shape index (κ3) is 6.87. The van der Waals surface area contributed by atoms with Crippen molar-refractivity contribution >= 4 is 25.2 Å². The van der Waals surface area contributed by atoms with Crippen molar-refractivity contribution in [1.82, 2.24) is 0 Å². The van der Waals surface area contributed by atoms with E-state index in [1.807, 2.05) is 6.08 Å². The maximum Gasteiger partial charge on any atom is 0.494 e. The average Bonchev–Trinajstić information content (AvgIpc) is 3.41. The van der Waals surface area contributed by atoms with Crippen LogP contribution in [0.5, 0.6) is 0 Å². The molecule has 0 bridgehead atoms. The van der Waals surface area contributed by atoms with Gasteiger partial charge in [-0.15, -0.1) is 0 Å². The average molecular weight is 682 g/mol. The fourth-order valence-electron chi connectivity index (χ4n) is 6.77. The Labute approximate surface area is 299 Å². The molecule has 2 fully saturated rings. The molecule has 0 saturated carbocycles. The minimum absolute atomic E-state index is 0.402. The summed E-state index contributed by atoms with van der Waals surface area (Å²) in [5.74, 6) is 7.25. The predicted octanol–water partition coefficient (Wildman–Crippen LogP) is 5.49. The van der Waals surface area contributed by atoms with E-state index in [0.29, 0.717) is 51.8 Å². The molecular weight excluding hydrogens is 630 g/mol. The summed E-state index contributed by atoms with van der Waals surface area (Å²) in [6.07, 6.45) is 4.73. The third-order valence-electron chi connectivity index (χ3n) is 11.4. The molecule has 2 aliphatic carbocycles. The van der Waals surface area contributed by atoms with Crippen LogP contribution < -0.4 is 10.9 Å². The number of methoxy groups -OCH3 is 1. The van der Waals surface area contributed by atoms with Gasteiger partial charge in [0.15, 0.2) is 5.76 Å². The zero-order chi connectivity index (χ0) is 36.0. The van der Waals surface area contributed by atoms with Crippen LogP contribution >= 0.6 is 0 Å². The van der Waals surface area contributed by atoms with Crippen LogP contribution in [0.3, 0.4) is 0 Å². The van der Waals surface area contributed by atoms with Gasteiger partial charge in [0.05, 0.1) is 55.4 Å². The van der Waals surface area contributed by atoms with Gasteiger partial charge in [0.25, 0.3) is 0 Å². The molecule has 2 heterocycles. The largest absolute Gasteiger partial charge is 0.494 e. The highest BCUT2D eigenvalue weighted by Gasteiger charge is 2.54. The Bertz CT molecular complexity index is 1600. The van der Waals surface area contributed by atoms with E-state index in [9.17, 15) is 0 Å². The summed E-state index contributed by atoms with van der Waals surface area (Å²) < 4.78 is 48.2. The summed E-state index contributed by atoms with van der Waals surface area (Å²) in [5.41, 5.74) is 5.66. The van der Waals surface area contributed by atoms with E-state index in [4.69, 9.17) is 37.6 Å². The zero-order valence-electron chi connectivity index (χ0n) is 31.5. The number of fused-ring (bicyclic) bond motifs is 3. The fourth-order valence-corrected chi connectivity index (χ4v) is 6.77. The number of benzene rings is 2. The molecule has 0 aromatic heterocycles. The highest BCUT2D eigenvalue weighted by Crippen LogP contribution is 2.53. The summed E-state index contributed by atoms with van der Waals surface area (Å²) in [7, 11) is 0.713. The van der Waals surface area contributed by atoms with Gasteiger partial charge in [0, 0.05) is 18.9 Å². The van der Waals surface area contributed by atoms with Crippen molar-refractivity contribution in [2.45, 2.75) is 96.6 Å². The van der Waals surface area contributed by atoms with Gasteiger partial charge < -0.3 is 37.6 Å². The Balaban J connectivity index is 1.30. The van der Waals surface area contributed by atoms with Crippen LogP contribution in [0.15, 0.2) is 59.9 Å². The molecule has 2 aromatic carbocycles. The molecule has 0 amide bonds. The molecule has 0 atom stereocenters. The van der Waals surface area contributed by atoms with Crippen molar-refractivity contribution in [3.05, 3.63) is 71.0 Å². The van der Waals surface area contributed by atoms with Gasteiger partial charge in [-0.2, -0.15) is 0 Å². The summed E-state index contributed by atoms with van der Waals surface area (Å²) in [5, 5.41) is 0. The van der Waals surface area contributed by atoms with Gasteiger partial charge in [-0.1, -0.05) is 48.4 Å². The maximum atomic E-state index is 6.50. The van der Waals surface area contributed by atoms with Crippen LogP contribution in [-0.4, -0.2) is 83.4 Å². The topological polar surface area (TPSA) is 73.8 Å². The Hall–Kier alpha value is -2.87. The smallest absolute Gasteiger partial charge is 0.483 e. The lowest BCUT2D eigenvalue weighted by Crippen LogP contribution is -2.41. The van der Waals surface area contributed by atoms with Crippen molar-refractivity contribution in [2.24, 2.45) is 0 Å². The molecule has 2 aliphatic heterocycles. The van der Waals surface area contributed by atoms with E-state index in [1.165, 1.54) is 27.8 Å². The maximum absolute atomic E-state index is 6.50. The first-order valence-corrected chi connectivity index (χ1v) is 17.8. The molecule has 2 aromatic rings. The molecule has 2 saturated heterocycles. The number of ether oxygens (including phenoxy) is 4. The van der Waals surface area contributed by atoms with Crippen molar-refractivity contribution in [3.63, 3.8) is 0 Å². The van der Waals surface area contributed by atoms with E-state index >= 15 is 0 Å². The van der Waals surface area contributed by atoms with Gasteiger partial charge in [-0.3, -0.25) is 0 Å². The van der Waals surface area contributed by atoms with Crippen molar-refractivity contribution in [2.75, 3.05) is 46.8 Å². The van der Waals surface area contributed by atoms with Crippen LogP contribution in [0.25, 0.3) is 11.1 Å². The molecule has 0 spiro atoms. The molecule has 8 nitrogen and oxygen atoms in total. The van der Waals surface area contributed by atoms with Gasteiger partial charge in [0.1, 0.15) is 6.61 Å². The molecule has 266 valence electrons. The Kier molecular flexibility index (Phi) is 10.3. The van der Waals surface area contributed by atoms with Gasteiger partial charge in [-0.25, -0.2) is 0 Å². The second-order valence-corrected chi connectivity index (χ2v) is 15.7. The lowest BCUT2D eigenvalue weighted by atomic mass is 9.68. The molecule has 10 heteroatoms. The van der Waals surface area contributed by atoms with Gasteiger partial charge in [-0.05, 0) is 113 Å². The van der Waals surface area contributed by atoms with Gasteiger partial charge in [0.2, 0.25) is 0 Å². The van der Waals surface area contributed by atoms with Gasteiger partial charge >= 0.3 is 14.2 Å². The summed E-state index contributed by atoms with van der Waals surface area (Å²) in [6, 6.07) is 13.2. The standard InChI is InChI=1S/C40H52B2O8/c1-36(2)37(3,4)48-41(47-36)29-15-18-32-33-19-16-30(42-49-38(5,6)39(7,8)50-42)27-35(33)40(9,34(32)26-29)28-12-11-13-31(17-14-28)46-25-24-45-23-22-44-21-20-43-10/h14-19,26-27H,12,20-25H2,1-10H3. The predicted molar refractivity (Wildman–Crippen MR) is 198 cm³/mol. The molecule has 50 heavy (non-hydrogen) atoms. The van der Waals surface area contributed by atoms with Crippen LogP contribution in [0, 0.1) is 11.8 Å². The van der Waals surface area contributed by atoms with Crippen molar-refractivity contribution in [1.29, 1.82) is 0 Å². The van der Waals surface area contributed by atoms with Crippen LogP contribution in [-0.2, 0) is 43.0 Å². The van der Waals surface area contributed by atoms with Crippen molar-refractivity contribution < 1.29 is 37.6 Å². The van der Waals surface area contributed by atoms with E-state index < -0.39 is 42.1 Å². The third-order valence-corrected chi connectivity index (χ3v) is 11.4. The Morgan fingerprint density at radius 2 is 1.08 bits per heavy atom. The zero-order valence-corrected chi connectivity index (χ0v) is 31.5. The first-order chi connectivity index (χ1) is 23.6. The summed E-state index contributed by atoms with van der Waals surface area (Å²) >= 11 is 0. The van der Waals surface area contributed by atoms with E-state index in [-0.39, 0.29) is 0 Å². The normalized spacial score (nSPS) is 21.9. The highest BCUT2D eigenvalue weighted by molar-refractivity contribution is 6.62. The lowest BCUT2D eigenvalue weighted by Gasteiger charge is -2.32. The monoisotopic (exact) mass is 682 g/mol. The van der Waals surface area contributed by atoms with E-state index in [0.717, 1.165) is 10.9 Å². The first kappa shape index (κ1) is 36.9. The van der Waals surface area contributed by atoms with Crippen LogP contribution in [0.4, 0.5) is 0 Å². The number of rotatable bonds is 13. The number of hydrogen-bond acceptors (Lipinski definition) is 8. The molecular formula is C40H52B2O8.